The summed E-state index contributed by atoms with van der Waals surface area (Å²) >= 11 is 0. The van der Waals surface area contributed by atoms with Gasteiger partial charge in [0.1, 0.15) is 17.5 Å². The average molecular weight is 280 g/mol. The maximum absolute atomic E-state index is 12.0. The Balaban J connectivity index is 2.39. The average Bonchev–Trinajstić information content (AvgIpc) is 2.46. The molecule has 1 heterocycles. The van der Waals surface area contributed by atoms with Gasteiger partial charge in [-0.1, -0.05) is 0 Å². The van der Waals surface area contributed by atoms with Crippen LogP contribution >= 0.6 is 0 Å². The summed E-state index contributed by atoms with van der Waals surface area (Å²) in [5.74, 6) is 0.428. The smallest absolute Gasteiger partial charge is 0.327 e. The van der Waals surface area contributed by atoms with Crippen LogP contribution in [-0.4, -0.2) is 33.3 Å². The molecule has 0 saturated heterocycles. The fourth-order valence-electron chi connectivity index (χ4n) is 2.38. The first-order chi connectivity index (χ1) is 9.71. The molecule has 0 radical (unpaired) electrons. The van der Waals surface area contributed by atoms with Gasteiger partial charge in [0.25, 0.3) is 0 Å². The molecule has 1 aliphatic heterocycles. The molecular weight excluding hydrogens is 260 g/mol. The number of methoxy groups -OCH3 is 1. The molecule has 0 aliphatic carbocycles. The molecule has 0 amide bonds. The molecule has 0 aromatic heterocycles. The van der Waals surface area contributed by atoms with Crippen molar-refractivity contribution in [2.45, 2.75) is 19.4 Å². The van der Waals surface area contributed by atoms with Crippen molar-refractivity contribution in [3.05, 3.63) is 23.3 Å². The number of rotatable bonds is 5. The lowest BCUT2D eigenvalue weighted by atomic mass is 9.93. The van der Waals surface area contributed by atoms with E-state index < -0.39 is 6.04 Å². The van der Waals surface area contributed by atoms with E-state index in [4.69, 9.17) is 14.3 Å². The number of carbonyl (C=O) groups is 1. The van der Waals surface area contributed by atoms with Gasteiger partial charge in [-0.05, 0) is 36.6 Å². The Bertz CT molecular complexity index is 490. The summed E-state index contributed by atoms with van der Waals surface area (Å²) in [7, 11) is 3.13. The molecule has 2 rings (SSSR count). The van der Waals surface area contributed by atoms with Crippen molar-refractivity contribution in [1.82, 2.24) is 5.32 Å². The highest BCUT2D eigenvalue weighted by Gasteiger charge is 2.28. The highest BCUT2D eigenvalue weighted by atomic mass is 16.6. The maximum Gasteiger partial charge on any atom is 0.327 e. The van der Waals surface area contributed by atoms with Crippen LogP contribution in [0.15, 0.2) is 12.1 Å². The van der Waals surface area contributed by atoms with Gasteiger partial charge in [0.2, 0.25) is 0 Å². The Labute approximate surface area is 118 Å². The number of anilines is 1. The zero-order valence-electron chi connectivity index (χ0n) is 12.0. The lowest BCUT2D eigenvalue weighted by Crippen LogP contribution is -2.36. The lowest BCUT2D eigenvalue weighted by Gasteiger charge is -2.26. The summed E-state index contributed by atoms with van der Waals surface area (Å²) in [4.78, 5) is 17.0. The molecule has 110 valence electrons. The second-order valence-corrected chi connectivity index (χ2v) is 4.45. The number of hydrogen-bond acceptors (Lipinski definition) is 6. The molecule has 1 aromatic rings. The van der Waals surface area contributed by atoms with Gasteiger partial charge in [0.05, 0.1) is 20.8 Å². The molecule has 0 saturated carbocycles. The van der Waals surface area contributed by atoms with Crippen LogP contribution in [0.3, 0.4) is 0 Å². The fourth-order valence-corrected chi connectivity index (χ4v) is 2.38. The molecular formula is C14H20N2O4. The van der Waals surface area contributed by atoms with Crippen LogP contribution in [0.2, 0.25) is 0 Å². The standard InChI is InChI=1S/C14H20N2O4/c1-4-20-14(17)13-10-8-11(16-19-3)12(18-2)7-9(10)5-6-15-13/h7-8,13,15-16H,4-6H2,1-3H3. The minimum Gasteiger partial charge on any atom is -0.494 e. The van der Waals surface area contributed by atoms with Gasteiger partial charge in [0, 0.05) is 6.54 Å². The largest absolute Gasteiger partial charge is 0.494 e. The molecule has 0 spiro atoms. The molecule has 1 atom stereocenters. The molecule has 1 aliphatic rings. The van der Waals surface area contributed by atoms with Crippen LogP contribution < -0.4 is 15.5 Å². The molecule has 1 unspecified atom stereocenters. The molecule has 1 aromatic carbocycles. The van der Waals surface area contributed by atoms with E-state index in [1.165, 1.54) is 7.11 Å². The van der Waals surface area contributed by atoms with Crippen molar-refractivity contribution in [2.75, 3.05) is 32.9 Å². The Morgan fingerprint density at radius 3 is 2.90 bits per heavy atom. The van der Waals surface area contributed by atoms with Crippen LogP contribution in [-0.2, 0) is 20.8 Å². The second kappa shape index (κ2) is 6.58. The monoisotopic (exact) mass is 280 g/mol. The van der Waals surface area contributed by atoms with E-state index >= 15 is 0 Å². The lowest BCUT2D eigenvalue weighted by molar-refractivity contribution is -0.146. The predicted octanol–water partition coefficient (Wildman–Crippen LogP) is 1.42. The molecule has 20 heavy (non-hydrogen) atoms. The van der Waals surface area contributed by atoms with E-state index in [-0.39, 0.29) is 5.97 Å². The Morgan fingerprint density at radius 2 is 2.25 bits per heavy atom. The fraction of sp³-hybridized carbons (Fsp3) is 0.500. The minimum atomic E-state index is -0.443. The molecule has 2 N–H and O–H groups in total. The Hall–Kier alpha value is -1.79. The zero-order chi connectivity index (χ0) is 14.5. The summed E-state index contributed by atoms with van der Waals surface area (Å²) in [5.41, 5.74) is 5.43. The van der Waals surface area contributed by atoms with Crippen molar-refractivity contribution in [1.29, 1.82) is 0 Å². The highest BCUT2D eigenvalue weighted by molar-refractivity contribution is 5.80. The van der Waals surface area contributed by atoms with Crippen molar-refractivity contribution in [3.63, 3.8) is 0 Å². The SMILES string of the molecule is CCOC(=O)C1NCCc2cc(OC)c(NOC)cc21. The van der Waals surface area contributed by atoms with Crippen molar-refractivity contribution in [2.24, 2.45) is 0 Å². The van der Waals surface area contributed by atoms with Crippen LogP contribution in [0.5, 0.6) is 5.75 Å². The van der Waals surface area contributed by atoms with Gasteiger partial charge < -0.3 is 14.8 Å². The van der Waals surface area contributed by atoms with Crippen molar-refractivity contribution < 1.29 is 19.1 Å². The van der Waals surface area contributed by atoms with Crippen LogP contribution in [0.1, 0.15) is 24.1 Å². The Kier molecular flexibility index (Phi) is 4.81. The summed E-state index contributed by atoms with van der Waals surface area (Å²) in [6, 6.07) is 3.36. The molecule has 0 bridgehead atoms. The third-order valence-electron chi connectivity index (χ3n) is 3.25. The maximum atomic E-state index is 12.0. The number of fused-ring (bicyclic) bond motifs is 1. The summed E-state index contributed by atoms with van der Waals surface area (Å²) < 4.78 is 10.4. The van der Waals surface area contributed by atoms with E-state index in [0.717, 1.165) is 24.1 Å². The van der Waals surface area contributed by atoms with Gasteiger partial charge in [-0.3, -0.25) is 10.3 Å². The van der Waals surface area contributed by atoms with Crippen molar-refractivity contribution >= 4 is 11.7 Å². The number of benzene rings is 1. The Morgan fingerprint density at radius 1 is 1.45 bits per heavy atom. The van der Waals surface area contributed by atoms with Crippen LogP contribution in [0, 0.1) is 0 Å². The summed E-state index contributed by atoms with van der Waals surface area (Å²) in [6.45, 7) is 2.90. The number of ether oxygens (including phenoxy) is 2. The number of carbonyl (C=O) groups excluding carboxylic acids is 1. The van der Waals surface area contributed by atoms with Gasteiger partial charge in [-0.15, -0.1) is 0 Å². The van der Waals surface area contributed by atoms with E-state index in [1.54, 1.807) is 14.0 Å². The van der Waals surface area contributed by atoms with E-state index in [1.807, 2.05) is 12.1 Å². The normalized spacial score (nSPS) is 17.2. The first kappa shape index (κ1) is 14.6. The van der Waals surface area contributed by atoms with E-state index in [2.05, 4.69) is 10.8 Å². The number of nitrogens with one attached hydrogen (secondary N) is 2. The van der Waals surface area contributed by atoms with Crippen molar-refractivity contribution in [3.8, 4) is 5.75 Å². The van der Waals surface area contributed by atoms with Crippen LogP contribution in [0.25, 0.3) is 0 Å². The second-order valence-electron chi connectivity index (χ2n) is 4.45. The topological polar surface area (TPSA) is 68.8 Å². The van der Waals surface area contributed by atoms with E-state index in [0.29, 0.717) is 18.0 Å². The molecule has 0 fully saturated rings. The first-order valence-corrected chi connectivity index (χ1v) is 6.61. The summed E-state index contributed by atoms with van der Waals surface area (Å²) in [5, 5.41) is 3.18. The zero-order valence-corrected chi connectivity index (χ0v) is 12.0. The number of hydrogen-bond donors (Lipinski definition) is 2. The summed E-state index contributed by atoms with van der Waals surface area (Å²) in [6.07, 6.45) is 0.842. The molecule has 6 heteroatoms. The molecule has 6 nitrogen and oxygen atoms in total. The minimum absolute atomic E-state index is 0.262. The van der Waals surface area contributed by atoms with Gasteiger partial charge in [0.15, 0.2) is 0 Å². The quantitative estimate of drug-likeness (QED) is 0.628. The highest BCUT2D eigenvalue weighted by Crippen LogP contribution is 2.34. The van der Waals surface area contributed by atoms with Crippen LogP contribution in [0.4, 0.5) is 5.69 Å². The third-order valence-corrected chi connectivity index (χ3v) is 3.25. The van der Waals surface area contributed by atoms with Gasteiger partial charge in [-0.2, -0.15) is 0 Å². The van der Waals surface area contributed by atoms with Gasteiger partial charge in [-0.25, -0.2) is 4.79 Å². The van der Waals surface area contributed by atoms with E-state index in [9.17, 15) is 4.79 Å². The van der Waals surface area contributed by atoms with Gasteiger partial charge >= 0.3 is 5.97 Å². The number of esters is 1. The first-order valence-electron chi connectivity index (χ1n) is 6.61. The third kappa shape index (κ3) is 2.86. The predicted molar refractivity (Wildman–Crippen MR) is 74.7 cm³/mol.